The second-order valence-corrected chi connectivity index (χ2v) is 6.21. The molecule has 0 N–H and O–H groups in total. The van der Waals surface area contributed by atoms with E-state index in [1.54, 1.807) is 4.90 Å². The number of para-hydroxylation sites is 2. The van der Waals surface area contributed by atoms with Crippen molar-refractivity contribution in [2.75, 3.05) is 13.6 Å². The molecular formula is C19H19N3O. The second kappa shape index (κ2) is 5.54. The number of hydrogen-bond donors (Lipinski definition) is 0. The van der Waals surface area contributed by atoms with Gasteiger partial charge in [-0.3, -0.25) is 4.79 Å². The molecule has 1 aliphatic rings. The van der Waals surface area contributed by atoms with Gasteiger partial charge in [0.05, 0.1) is 11.0 Å². The Labute approximate surface area is 135 Å². The van der Waals surface area contributed by atoms with Gasteiger partial charge in [0.1, 0.15) is 5.82 Å². The minimum Gasteiger partial charge on any atom is -0.345 e. The van der Waals surface area contributed by atoms with E-state index in [0.717, 1.165) is 29.9 Å². The molecule has 1 fully saturated rings. The fraction of sp³-hybridized carbons (Fsp3) is 0.263. The van der Waals surface area contributed by atoms with Crippen molar-refractivity contribution in [2.45, 2.75) is 18.9 Å². The summed E-state index contributed by atoms with van der Waals surface area (Å²) in [5.74, 6) is 1.39. The van der Waals surface area contributed by atoms with Gasteiger partial charge in [-0.25, -0.2) is 4.98 Å². The summed E-state index contributed by atoms with van der Waals surface area (Å²) in [7, 11) is 1.87. The van der Waals surface area contributed by atoms with Gasteiger partial charge in [-0.1, -0.05) is 42.5 Å². The number of amides is 1. The predicted octanol–water partition coefficient (Wildman–Crippen LogP) is 3.03. The first-order valence-corrected chi connectivity index (χ1v) is 7.95. The summed E-state index contributed by atoms with van der Waals surface area (Å²) in [6, 6.07) is 18.6. The van der Waals surface area contributed by atoms with Crippen molar-refractivity contribution in [1.29, 1.82) is 0 Å². The number of aromatic nitrogens is 2. The van der Waals surface area contributed by atoms with Gasteiger partial charge in [0, 0.05) is 32.5 Å². The lowest BCUT2D eigenvalue weighted by Gasteiger charge is -2.14. The van der Waals surface area contributed by atoms with Crippen LogP contribution < -0.4 is 0 Å². The number of benzene rings is 2. The van der Waals surface area contributed by atoms with Crippen LogP contribution in [0.3, 0.4) is 0 Å². The van der Waals surface area contributed by atoms with Crippen LogP contribution in [0.25, 0.3) is 11.0 Å². The Hall–Kier alpha value is -2.62. The molecule has 0 radical (unpaired) electrons. The summed E-state index contributed by atoms with van der Waals surface area (Å²) in [5, 5.41) is 0. The summed E-state index contributed by atoms with van der Waals surface area (Å²) >= 11 is 0. The number of carbonyl (C=O) groups excluding carboxylic acids is 1. The van der Waals surface area contributed by atoms with Crippen LogP contribution in [0.1, 0.15) is 23.7 Å². The lowest BCUT2D eigenvalue weighted by Crippen LogP contribution is -2.19. The third-order valence-electron chi connectivity index (χ3n) is 4.57. The van der Waals surface area contributed by atoms with Gasteiger partial charge in [-0.15, -0.1) is 0 Å². The first-order chi connectivity index (χ1) is 11.2. The van der Waals surface area contributed by atoms with Gasteiger partial charge in [-0.05, 0) is 17.7 Å². The zero-order valence-electron chi connectivity index (χ0n) is 13.1. The monoisotopic (exact) mass is 305 g/mol. The molecule has 1 atom stereocenters. The first kappa shape index (κ1) is 14.0. The molecule has 0 saturated carbocycles. The molecule has 0 aliphatic carbocycles. The van der Waals surface area contributed by atoms with Crippen LogP contribution in [-0.2, 0) is 11.3 Å². The van der Waals surface area contributed by atoms with Gasteiger partial charge >= 0.3 is 0 Å². The van der Waals surface area contributed by atoms with Crippen molar-refractivity contribution in [2.24, 2.45) is 0 Å². The Bertz CT molecular complexity index is 853. The van der Waals surface area contributed by atoms with E-state index in [2.05, 4.69) is 34.9 Å². The molecule has 1 saturated heterocycles. The van der Waals surface area contributed by atoms with E-state index in [1.807, 2.05) is 31.3 Å². The van der Waals surface area contributed by atoms with Gasteiger partial charge in [0.15, 0.2) is 0 Å². The number of carbonyl (C=O) groups is 1. The molecule has 2 heterocycles. The standard InChI is InChI=1S/C19H19N3O/c1-21-13-15(11-18(21)23)19-20-16-9-5-6-10-17(16)22(19)12-14-7-3-2-4-8-14/h2-10,15H,11-13H2,1H3/t15-/m1/s1. The Morgan fingerprint density at radius 2 is 1.83 bits per heavy atom. The summed E-state index contributed by atoms with van der Waals surface area (Å²) in [6.07, 6.45) is 0.550. The number of rotatable bonds is 3. The van der Waals surface area contributed by atoms with E-state index < -0.39 is 0 Å². The minimum absolute atomic E-state index is 0.170. The molecule has 1 amide bonds. The maximum absolute atomic E-state index is 11.9. The third kappa shape index (κ3) is 2.50. The molecular weight excluding hydrogens is 286 g/mol. The van der Waals surface area contributed by atoms with Crippen LogP contribution in [0, 0.1) is 0 Å². The zero-order chi connectivity index (χ0) is 15.8. The highest BCUT2D eigenvalue weighted by atomic mass is 16.2. The van der Waals surface area contributed by atoms with Gasteiger partial charge in [-0.2, -0.15) is 0 Å². The van der Waals surface area contributed by atoms with Crippen molar-refractivity contribution in [3.05, 3.63) is 66.0 Å². The molecule has 3 aromatic rings. The van der Waals surface area contributed by atoms with E-state index in [0.29, 0.717) is 6.42 Å². The Morgan fingerprint density at radius 1 is 1.09 bits per heavy atom. The van der Waals surface area contributed by atoms with Gasteiger partial charge in [0.25, 0.3) is 0 Å². The molecule has 1 aromatic heterocycles. The maximum Gasteiger partial charge on any atom is 0.223 e. The van der Waals surface area contributed by atoms with E-state index >= 15 is 0 Å². The van der Waals surface area contributed by atoms with E-state index in [1.165, 1.54) is 5.56 Å². The Kier molecular flexibility index (Phi) is 3.37. The highest BCUT2D eigenvalue weighted by molar-refractivity contribution is 5.80. The number of nitrogens with zero attached hydrogens (tertiary/aromatic N) is 3. The average molecular weight is 305 g/mol. The molecule has 116 valence electrons. The van der Waals surface area contributed by atoms with E-state index in [9.17, 15) is 4.79 Å². The summed E-state index contributed by atoms with van der Waals surface area (Å²) in [6.45, 7) is 1.53. The topological polar surface area (TPSA) is 38.1 Å². The van der Waals surface area contributed by atoms with Crippen LogP contribution in [0.2, 0.25) is 0 Å². The second-order valence-electron chi connectivity index (χ2n) is 6.21. The summed E-state index contributed by atoms with van der Waals surface area (Å²) < 4.78 is 2.27. The van der Waals surface area contributed by atoms with Crippen molar-refractivity contribution in [1.82, 2.24) is 14.5 Å². The molecule has 23 heavy (non-hydrogen) atoms. The number of likely N-dealkylation sites (N-methyl/N-ethyl adjacent to an activating group) is 1. The number of hydrogen-bond acceptors (Lipinski definition) is 2. The SMILES string of the molecule is CN1C[C@H](c2nc3ccccc3n2Cc2ccccc2)CC1=O. The van der Waals surface area contributed by atoms with Crippen LogP contribution in [-0.4, -0.2) is 34.0 Å². The van der Waals surface area contributed by atoms with Crippen LogP contribution in [0.15, 0.2) is 54.6 Å². The van der Waals surface area contributed by atoms with Crippen LogP contribution in [0.4, 0.5) is 0 Å². The fourth-order valence-electron chi connectivity index (χ4n) is 3.37. The molecule has 0 spiro atoms. The molecule has 0 unspecified atom stereocenters. The molecule has 4 heteroatoms. The number of imidazole rings is 1. The smallest absolute Gasteiger partial charge is 0.223 e. The normalized spacial score (nSPS) is 18.0. The van der Waals surface area contributed by atoms with E-state index in [-0.39, 0.29) is 11.8 Å². The number of fused-ring (bicyclic) bond motifs is 1. The van der Waals surface area contributed by atoms with Crippen molar-refractivity contribution in [3.8, 4) is 0 Å². The average Bonchev–Trinajstić information content (AvgIpc) is 3.10. The van der Waals surface area contributed by atoms with Crippen molar-refractivity contribution in [3.63, 3.8) is 0 Å². The van der Waals surface area contributed by atoms with Crippen LogP contribution >= 0.6 is 0 Å². The number of likely N-dealkylation sites (tertiary alicyclic amines) is 1. The first-order valence-electron chi connectivity index (χ1n) is 7.95. The molecule has 4 rings (SSSR count). The molecule has 0 bridgehead atoms. The quantitative estimate of drug-likeness (QED) is 0.746. The Morgan fingerprint density at radius 3 is 2.57 bits per heavy atom. The van der Waals surface area contributed by atoms with Gasteiger partial charge in [0.2, 0.25) is 5.91 Å². The minimum atomic E-state index is 0.170. The Balaban J connectivity index is 1.80. The molecule has 4 nitrogen and oxygen atoms in total. The molecule has 2 aromatic carbocycles. The van der Waals surface area contributed by atoms with Gasteiger partial charge < -0.3 is 9.47 Å². The maximum atomic E-state index is 11.9. The van der Waals surface area contributed by atoms with Crippen molar-refractivity contribution >= 4 is 16.9 Å². The largest absolute Gasteiger partial charge is 0.345 e. The highest BCUT2D eigenvalue weighted by Crippen LogP contribution is 2.30. The van der Waals surface area contributed by atoms with Crippen molar-refractivity contribution < 1.29 is 4.79 Å². The predicted molar refractivity (Wildman–Crippen MR) is 90.3 cm³/mol. The molecule has 1 aliphatic heterocycles. The summed E-state index contributed by atoms with van der Waals surface area (Å²) in [5.41, 5.74) is 3.38. The lowest BCUT2D eigenvalue weighted by molar-refractivity contribution is -0.126. The highest BCUT2D eigenvalue weighted by Gasteiger charge is 2.31. The zero-order valence-corrected chi connectivity index (χ0v) is 13.1. The fourth-order valence-corrected chi connectivity index (χ4v) is 3.37. The van der Waals surface area contributed by atoms with E-state index in [4.69, 9.17) is 4.98 Å². The lowest BCUT2D eigenvalue weighted by atomic mass is 10.1. The third-order valence-corrected chi connectivity index (χ3v) is 4.57. The summed E-state index contributed by atoms with van der Waals surface area (Å²) in [4.78, 5) is 18.6. The van der Waals surface area contributed by atoms with Crippen LogP contribution in [0.5, 0.6) is 0 Å².